The zero-order valence-electron chi connectivity index (χ0n) is 10.5. The number of carbonyl (C=O) groups excluding carboxylic acids is 1. The molecule has 4 nitrogen and oxygen atoms in total. The first-order chi connectivity index (χ1) is 8.61. The molecule has 106 valence electrons. The van der Waals surface area contributed by atoms with Crippen molar-refractivity contribution in [2.75, 3.05) is 19.4 Å². The van der Waals surface area contributed by atoms with E-state index in [0.717, 1.165) is 12.1 Å². The molecular weight excluding hydrogens is 283 g/mol. The van der Waals surface area contributed by atoms with Crippen molar-refractivity contribution in [3.63, 3.8) is 0 Å². The van der Waals surface area contributed by atoms with Crippen molar-refractivity contribution in [2.45, 2.75) is 19.1 Å². The van der Waals surface area contributed by atoms with Gasteiger partial charge in [0.15, 0.2) is 0 Å². The van der Waals surface area contributed by atoms with Gasteiger partial charge >= 0.3 is 6.18 Å². The Morgan fingerprint density at radius 1 is 1.42 bits per heavy atom. The lowest BCUT2D eigenvalue weighted by atomic mass is 10.2. The highest BCUT2D eigenvalue weighted by molar-refractivity contribution is 6.29. The highest BCUT2D eigenvalue weighted by Crippen LogP contribution is 2.32. The minimum absolute atomic E-state index is 0.0949. The summed E-state index contributed by atoms with van der Waals surface area (Å²) < 4.78 is 37.7. The Labute approximate surface area is 113 Å². The van der Waals surface area contributed by atoms with E-state index in [9.17, 15) is 18.0 Å². The molecule has 0 radical (unpaired) electrons. The molecule has 0 aliphatic carbocycles. The van der Waals surface area contributed by atoms with Crippen molar-refractivity contribution in [1.82, 2.24) is 9.88 Å². The van der Waals surface area contributed by atoms with Crippen molar-refractivity contribution in [1.29, 1.82) is 0 Å². The van der Waals surface area contributed by atoms with Crippen LogP contribution in [0, 0.1) is 0 Å². The average molecular weight is 296 g/mol. The predicted octanol–water partition coefficient (Wildman–Crippen LogP) is 2.64. The number of carbonyl (C=O) groups is 1. The molecule has 0 saturated carbocycles. The second kappa shape index (κ2) is 5.64. The van der Waals surface area contributed by atoms with Crippen LogP contribution >= 0.6 is 11.6 Å². The van der Waals surface area contributed by atoms with Gasteiger partial charge in [-0.2, -0.15) is 13.2 Å². The Kier molecular flexibility index (Phi) is 4.62. The summed E-state index contributed by atoms with van der Waals surface area (Å²) in [5.41, 5.74) is -0.917. The number of pyridine rings is 1. The number of nitrogens with one attached hydrogen (secondary N) is 1. The van der Waals surface area contributed by atoms with Crippen molar-refractivity contribution >= 4 is 23.3 Å². The van der Waals surface area contributed by atoms with Gasteiger partial charge in [0.25, 0.3) is 0 Å². The van der Waals surface area contributed by atoms with E-state index in [-0.39, 0.29) is 16.9 Å². The molecule has 1 rings (SSSR count). The molecule has 0 bridgehead atoms. The maximum atomic E-state index is 12.6. The molecule has 0 saturated heterocycles. The highest BCUT2D eigenvalue weighted by Gasteiger charge is 2.31. The van der Waals surface area contributed by atoms with E-state index in [2.05, 4.69) is 10.3 Å². The van der Waals surface area contributed by atoms with Gasteiger partial charge in [0, 0.05) is 14.1 Å². The second-order valence-corrected chi connectivity index (χ2v) is 4.55. The van der Waals surface area contributed by atoms with Crippen LogP contribution in [0.15, 0.2) is 12.1 Å². The SMILES string of the molecule is CC(Nc1cc(C(F)(F)F)cc(Cl)n1)C(=O)N(C)C. The van der Waals surface area contributed by atoms with E-state index < -0.39 is 17.8 Å². The minimum atomic E-state index is -4.52. The normalized spacial score (nSPS) is 13.0. The van der Waals surface area contributed by atoms with E-state index in [4.69, 9.17) is 11.6 Å². The first-order valence-corrected chi connectivity index (χ1v) is 5.71. The van der Waals surface area contributed by atoms with Crippen LogP contribution < -0.4 is 5.32 Å². The van der Waals surface area contributed by atoms with Gasteiger partial charge in [-0.25, -0.2) is 4.98 Å². The fraction of sp³-hybridized carbons (Fsp3) is 0.455. The number of halogens is 4. The Morgan fingerprint density at radius 2 is 2.00 bits per heavy atom. The Hall–Kier alpha value is -1.50. The third-order valence-corrected chi connectivity index (χ3v) is 2.49. The number of anilines is 1. The summed E-state index contributed by atoms with van der Waals surface area (Å²) in [6.45, 7) is 1.53. The van der Waals surface area contributed by atoms with E-state index in [1.807, 2.05) is 0 Å². The number of nitrogens with zero attached hydrogens (tertiary/aromatic N) is 2. The first kappa shape index (κ1) is 15.6. The molecule has 1 aromatic rings. The fourth-order valence-corrected chi connectivity index (χ4v) is 1.61. The van der Waals surface area contributed by atoms with Crippen LogP contribution in [0.2, 0.25) is 5.15 Å². The molecule has 0 fully saturated rings. The summed E-state index contributed by atoms with van der Waals surface area (Å²) in [6, 6.07) is 0.832. The van der Waals surface area contributed by atoms with Crippen LogP contribution in [0.3, 0.4) is 0 Å². The lowest BCUT2D eigenvalue weighted by Crippen LogP contribution is -2.36. The smallest absolute Gasteiger partial charge is 0.359 e. The molecule has 0 aliphatic heterocycles. The number of alkyl halides is 3. The Balaban J connectivity index is 2.96. The molecule has 0 aromatic carbocycles. The highest BCUT2D eigenvalue weighted by atomic mass is 35.5. The number of aromatic nitrogens is 1. The van der Waals surface area contributed by atoms with E-state index in [1.54, 1.807) is 14.1 Å². The minimum Gasteiger partial charge on any atom is -0.359 e. The first-order valence-electron chi connectivity index (χ1n) is 5.33. The zero-order valence-corrected chi connectivity index (χ0v) is 11.3. The van der Waals surface area contributed by atoms with Crippen LogP contribution in [0.4, 0.5) is 19.0 Å². The van der Waals surface area contributed by atoms with Gasteiger partial charge in [-0.05, 0) is 19.1 Å². The largest absolute Gasteiger partial charge is 0.416 e. The Morgan fingerprint density at radius 3 is 2.47 bits per heavy atom. The average Bonchev–Trinajstić information content (AvgIpc) is 2.25. The number of likely N-dealkylation sites (N-methyl/N-ethyl adjacent to an activating group) is 1. The molecule has 1 N–H and O–H groups in total. The third-order valence-electron chi connectivity index (χ3n) is 2.30. The molecule has 1 atom stereocenters. The lowest BCUT2D eigenvalue weighted by molar-refractivity contribution is -0.137. The van der Waals surface area contributed by atoms with Crippen molar-refractivity contribution in [2.24, 2.45) is 0 Å². The van der Waals surface area contributed by atoms with Gasteiger partial charge in [0.2, 0.25) is 5.91 Å². The van der Waals surface area contributed by atoms with Gasteiger partial charge in [-0.1, -0.05) is 11.6 Å². The van der Waals surface area contributed by atoms with Crippen molar-refractivity contribution in [3.05, 3.63) is 22.8 Å². The molecule has 1 amide bonds. The summed E-state index contributed by atoms with van der Waals surface area (Å²) in [4.78, 5) is 16.6. The second-order valence-electron chi connectivity index (χ2n) is 4.16. The quantitative estimate of drug-likeness (QED) is 0.872. The molecule has 0 aliphatic rings. The monoisotopic (exact) mass is 295 g/mol. The predicted molar refractivity (Wildman–Crippen MR) is 66.0 cm³/mol. The number of rotatable bonds is 3. The molecule has 8 heteroatoms. The fourth-order valence-electron chi connectivity index (χ4n) is 1.41. The third kappa shape index (κ3) is 4.27. The molecule has 1 aromatic heterocycles. The van der Waals surface area contributed by atoms with Crippen molar-refractivity contribution in [3.8, 4) is 0 Å². The van der Waals surface area contributed by atoms with Crippen LogP contribution in [-0.4, -0.2) is 35.9 Å². The van der Waals surface area contributed by atoms with Gasteiger partial charge in [-0.3, -0.25) is 4.79 Å². The summed E-state index contributed by atoms with van der Waals surface area (Å²) >= 11 is 5.54. The van der Waals surface area contributed by atoms with Gasteiger partial charge in [0.05, 0.1) is 5.56 Å². The molecule has 1 heterocycles. The summed E-state index contributed by atoms with van der Waals surface area (Å²) in [5, 5.41) is 2.30. The van der Waals surface area contributed by atoms with Gasteiger partial charge < -0.3 is 10.2 Å². The van der Waals surface area contributed by atoms with Crippen LogP contribution in [-0.2, 0) is 11.0 Å². The number of hydrogen-bond acceptors (Lipinski definition) is 3. The molecular formula is C11H13ClF3N3O. The van der Waals surface area contributed by atoms with Crippen LogP contribution in [0.5, 0.6) is 0 Å². The maximum absolute atomic E-state index is 12.6. The van der Waals surface area contributed by atoms with Gasteiger partial charge in [-0.15, -0.1) is 0 Å². The zero-order chi connectivity index (χ0) is 14.8. The van der Waals surface area contributed by atoms with E-state index in [0.29, 0.717) is 0 Å². The van der Waals surface area contributed by atoms with Crippen LogP contribution in [0.1, 0.15) is 12.5 Å². The molecule has 0 spiro atoms. The van der Waals surface area contributed by atoms with Crippen LogP contribution in [0.25, 0.3) is 0 Å². The standard InChI is InChI=1S/C11H13ClF3N3O/c1-6(10(19)18(2)3)16-9-5-7(11(13,14)15)4-8(12)17-9/h4-6H,1-3H3,(H,16,17). The van der Waals surface area contributed by atoms with Crippen molar-refractivity contribution < 1.29 is 18.0 Å². The summed E-state index contributed by atoms with van der Waals surface area (Å²) in [6.07, 6.45) is -4.52. The lowest BCUT2D eigenvalue weighted by Gasteiger charge is -2.19. The molecule has 1 unspecified atom stereocenters. The maximum Gasteiger partial charge on any atom is 0.416 e. The van der Waals surface area contributed by atoms with E-state index in [1.165, 1.54) is 11.8 Å². The van der Waals surface area contributed by atoms with E-state index >= 15 is 0 Å². The Bertz CT molecular complexity index is 477. The topological polar surface area (TPSA) is 45.2 Å². The summed E-state index contributed by atoms with van der Waals surface area (Å²) in [7, 11) is 3.10. The number of amides is 1. The van der Waals surface area contributed by atoms with Gasteiger partial charge in [0.1, 0.15) is 17.0 Å². The number of hydrogen-bond donors (Lipinski definition) is 1. The molecule has 19 heavy (non-hydrogen) atoms. The summed E-state index contributed by atoms with van der Waals surface area (Å²) in [5.74, 6) is -0.377.